The van der Waals surface area contributed by atoms with E-state index in [-0.39, 0.29) is 23.9 Å². The summed E-state index contributed by atoms with van der Waals surface area (Å²) >= 11 is 0. The quantitative estimate of drug-likeness (QED) is 0.913. The Morgan fingerprint density at radius 2 is 1.92 bits per heavy atom. The van der Waals surface area contributed by atoms with Crippen molar-refractivity contribution in [3.8, 4) is 0 Å². The molecule has 0 aliphatic carbocycles. The molecule has 2 heterocycles. The number of nitrogens with two attached hydrogens (primary N) is 1. The van der Waals surface area contributed by atoms with Gasteiger partial charge < -0.3 is 10.6 Å². The fourth-order valence-corrected chi connectivity index (χ4v) is 3.34. The smallest absolute Gasteiger partial charge is 0.257 e. The molecular formula is C19H27ClN4O. The van der Waals surface area contributed by atoms with Crippen molar-refractivity contribution in [2.45, 2.75) is 32.2 Å². The number of nitrogens with zero attached hydrogens (tertiary/aromatic N) is 3. The van der Waals surface area contributed by atoms with E-state index in [9.17, 15) is 4.79 Å². The van der Waals surface area contributed by atoms with Crippen LogP contribution in [0.3, 0.4) is 0 Å². The third-order valence-corrected chi connectivity index (χ3v) is 4.78. The molecule has 136 valence electrons. The number of halogens is 1. The molecule has 1 aromatic carbocycles. The largest absolute Gasteiger partial charge is 0.338 e. The second-order valence-corrected chi connectivity index (χ2v) is 7.57. The van der Waals surface area contributed by atoms with E-state index in [4.69, 9.17) is 5.73 Å². The van der Waals surface area contributed by atoms with Gasteiger partial charge in [0, 0.05) is 25.2 Å². The molecule has 5 nitrogen and oxygen atoms in total. The number of rotatable bonds is 3. The van der Waals surface area contributed by atoms with Crippen LogP contribution in [0.2, 0.25) is 0 Å². The monoisotopic (exact) mass is 362 g/mol. The first-order valence-electron chi connectivity index (χ1n) is 8.49. The number of carbonyl (C=O) groups excluding carboxylic acids is 1. The highest BCUT2D eigenvalue weighted by Gasteiger charge is 2.36. The molecule has 0 bridgehead atoms. The summed E-state index contributed by atoms with van der Waals surface area (Å²) in [6, 6.07) is 10.3. The maximum atomic E-state index is 12.9. The summed E-state index contributed by atoms with van der Waals surface area (Å²) in [5.74, 6) is 0.647. The maximum Gasteiger partial charge on any atom is 0.257 e. The van der Waals surface area contributed by atoms with Crippen molar-refractivity contribution in [3.63, 3.8) is 0 Å². The molecule has 1 aliphatic rings. The minimum atomic E-state index is -0.129. The fraction of sp³-hybridized carbons (Fsp3) is 0.474. The zero-order chi connectivity index (χ0) is 17.3. The highest BCUT2D eigenvalue weighted by Crippen LogP contribution is 2.32. The molecule has 1 saturated heterocycles. The summed E-state index contributed by atoms with van der Waals surface area (Å²) < 4.78 is 1.84. The van der Waals surface area contributed by atoms with Crippen molar-refractivity contribution >= 4 is 18.3 Å². The SMILES string of the molecule is CC(C)(C)n1cc(C(=O)N2C[C@@H](CN)[C@H](c3ccccc3)C2)cn1.Cl. The number of hydrogen-bond acceptors (Lipinski definition) is 3. The molecule has 2 aromatic rings. The molecule has 1 aromatic heterocycles. The van der Waals surface area contributed by atoms with Gasteiger partial charge in [-0.2, -0.15) is 5.10 Å². The number of likely N-dealkylation sites (tertiary alicyclic amines) is 1. The van der Waals surface area contributed by atoms with Crippen LogP contribution in [0.15, 0.2) is 42.7 Å². The van der Waals surface area contributed by atoms with Gasteiger partial charge in [-0.15, -0.1) is 12.4 Å². The summed E-state index contributed by atoms with van der Waals surface area (Å²) in [6.07, 6.45) is 3.51. The standard InChI is InChI=1S/C19H26N4O.ClH/c1-19(2,3)23-12-16(10-21-23)18(24)22-11-15(9-20)17(13-22)14-7-5-4-6-8-14;/h4-8,10,12,15,17H,9,11,13,20H2,1-3H3;1H/t15-,17+;/m1./s1. The van der Waals surface area contributed by atoms with Gasteiger partial charge in [-0.1, -0.05) is 30.3 Å². The van der Waals surface area contributed by atoms with Gasteiger partial charge in [0.2, 0.25) is 0 Å². The number of amides is 1. The van der Waals surface area contributed by atoms with Crippen molar-refractivity contribution in [3.05, 3.63) is 53.9 Å². The molecule has 3 rings (SSSR count). The van der Waals surface area contributed by atoms with Gasteiger partial charge in [-0.25, -0.2) is 0 Å². The number of hydrogen-bond donors (Lipinski definition) is 1. The number of benzene rings is 1. The lowest BCUT2D eigenvalue weighted by molar-refractivity contribution is 0.0786. The van der Waals surface area contributed by atoms with Crippen molar-refractivity contribution in [1.82, 2.24) is 14.7 Å². The molecule has 0 spiro atoms. The van der Waals surface area contributed by atoms with E-state index in [1.165, 1.54) is 5.56 Å². The van der Waals surface area contributed by atoms with Gasteiger partial charge in [0.1, 0.15) is 0 Å². The van der Waals surface area contributed by atoms with Crippen molar-refractivity contribution in [1.29, 1.82) is 0 Å². The predicted octanol–water partition coefficient (Wildman–Crippen LogP) is 2.87. The van der Waals surface area contributed by atoms with E-state index in [1.807, 2.05) is 34.0 Å². The summed E-state index contributed by atoms with van der Waals surface area (Å²) in [5.41, 5.74) is 7.75. The number of carbonyl (C=O) groups is 1. The first-order valence-corrected chi connectivity index (χ1v) is 8.49. The predicted molar refractivity (Wildman–Crippen MR) is 102 cm³/mol. The van der Waals surface area contributed by atoms with Crippen LogP contribution < -0.4 is 5.73 Å². The highest BCUT2D eigenvalue weighted by atomic mass is 35.5. The van der Waals surface area contributed by atoms with Gasteiger partial charge in [0.25, 0.3) is 5.91 Å². The van der Waals surface area contributed by atoms with Gasteiger partial charge >= 0.3 is 0 Å². The Kier molecular flexibility index (Phi) is 5.91. The Labute approximate surface area is 155 Å². The Hall–Kier alpha value is -1.85. The summed E-state index contributed by atoms with van der Waals surface area (Å²) in [5, 5.41) is 4.34. The minimum Gasteiger partial charge on any atom is -0.338 e. The first-order chi connectivity index (χ1) is 11.4. The van der Waals surface area contributed by atoms with Crippen LogP contribution in [0.1, 0.15) is 42.6 Å². The van der Waals surface area contributed by atoms with Crippen molar-refractivity contribution in [2.75, 3.05) is 19.6 Å². The molecule has 1 aliphatic heterocycles. The van der Waals surface area contributed by atoms with E-state index in [0.29, 0.717) is 37.0 Å². The Balaban J connectivity index is 0.00000225. The molecule has 2 N–H and O–H groups in total. The second-order valence-electron chi connectivity index (χ2n) is 7.57. The lowest BCUT2D eigenvalue weighted by Gasteiger charge is -2.19. The van der Waals surface area contributed by atoms with Crippen LogP contribution in [0, 0.1) is 5.92 Å². The maximum absolute atomic E-state index is 12.9. The van der Waals surface area contributed by atoms with E-state index in [2.05, 4.69) is 38.0 Å². The van der Waals surface area contributed by atoms with Crippen LogP contribution in [-0.4, -0.2) is 40.2 Å². The molecule has 1 fully saturated rings. The summed E-state index contributed by atoms with van der Waals surface area (Å²) in [7, 11) is 0. The molecule has 25 heavy (non-hydrogen) atoms. The molecule has 0 radical (unpaired) electrons. The first kappa shape index (κ1) is 19.5. The van der Waals surface area contributed by atoms with E-state index < -0.39 is 0 Å². The Morgan fingerprint density at radius 1 is 1.24 bits per heavy atom. The molecule has 0 saturated carbocycles. The van der Waals surface area contributed by atoms with Crippen molar-refractivity contribution < 1.29 is 4.79 Å². The van der Waals surface area contributed by atoms with Crippen LogP contribution in [0.5, 0.6) is 0 Å². The molecular weight excluding hydrogens is 336 g/mol. The van der Waals surface area contributed by atoms with Gasteiger partial charge in [0.15, 0.2) is 0 Å². The topological polar surface area (TPSA) is 64.2 Å². The van der Waals surface area contributed by atoms with Crippen LogP contribution in [0.4, 0.5) is 0 Å². The molecule has 2 atom stereocenters. The van der Waals surface area contributed by atoms with Crippen LogP contribution in [0.25, 0.3) is 0 Å². The highest BCUT2D eigenvalue weighted by molar-refractivity contribution is 5.94. The van der Waals surface area contributed by atoms with Crippen LogP contribution >= 0.6 is 12.4 Å². The van der Waals surface area contributed by atoms with Crippen LogP contribution in [-0.2, 0) is 5.54 Å². The van der Waals surface area contributed by atoms with Gasteiger partial charge in [0.05, 0.1) is 17.3 Å². The lowest BCUT2D eigenvalue weighted by atomic mass is 9.89. The zero-order valence-electron chi connectivity index (χ0n) is 15.1. The Bertz CT molecular complexity index is 708. The average Bonchev–Trinajstić information content (AvgIpc) is 3.22. The van der Waals surface area contributed by atoms with E-state index in [0.717, 1.165) is 0 Å². The number of aromatic nitrogens is 2. The summed E-state index contributed by atoms with van der Waals surface area (Å²) in [6.45, 7) is 8.21. The van der Waals surface area contributed by atoms with E-state index >= 15 is 0 Å². The molecule has 1 amide bonds. The zero-order valence-corrected chi connectivity index (χ0v) is 15.9. The molecule has 6 heteroatoms. The second kappa shape index (κ2) is 7.58. The fourth-order valence-electron chi connectivity index (χ4n) is 3.34. The van der Waals surface area contributed by atoms with Gasteiger partial charge in [-0.3, -0.25) is 9.48 Å². The average molecular weight is 363 g/mol. The third-order valence-electron chi connectivity index (χ3n) is 4.78. The normalized spacial score (nSPS) is 20.4. The van der Waals surface area contributed by atoms with Crippen molar-refractivity contribution in [2.24, 2.45) is 11.7 Å². The minimum absolute atomic E-state index is 0. The van der Waals surface area contributed by atoms with Gasteiger partial charge in [-0.05, 0) is 38.8 Å². The molecule has 0 unspecified atom stereocenters. The van der Waals surface area contributed by atoms with E-state index in [1.54, 1.807) is 6.20 Å². The third kappa shape index (κ3) is 4.05. The lowest BCUT2D eigenvalue weighted by Crippen LogP contribution is -2.29. The summed E-state index contributed by atoms with van der Waals surface area (Å²) in [4.78, 5) is 14.8. The Morgan fingerprint density at radius 3 is 2.48 bits per heavy atom.